The fourth-order valence-corrected chi connectivity index (χ4v) is 3.53. The van der Waals surface area contributed by atoms with E-state index in [4.69, 9.17) is 32.7 Å². The molecule has 1 fully saturated rings. The van der Waals surface area contributed by atoms with E-state index in [9.17, 15) is 31.1 Å². The SMILES string of the molecule is O=C1OCC(c2ccc(Cl)c(Cl)c2)C1COCc1cc(C(F)(F)F)cc(C(F)(F)F)c1. The van der Waals surface area contributed by atoms with Crippen molar-refractivity contribution in [1.29, 1.82) is 0 Å². The Hall–Kier alpha value is -1.97. The standard InChI is InChI=1S/C20H14Cl2F6O3/c21-16-2-1-11(5-17(16)22)14-9-31-18(29)15(14)8-30-7-10-3-12(19(23,24)25)6-13(4-10)20(26,27)28/h1-6,14-15H,7-9H2. The predicted molar refractivity (Wildman–Crippen MR) is 99.8 cm³/mol. The third kappa shape index (κ3) is 5.64. The van der Waals surface area contributed by atoms with E-state index in [0.29, 0.717) is 22.7 Å². The molecule has 2 unspecified atom stereocenters. The van der Waals surface area contributed by atoms with E-state index in [1.54, 1.807) is 18.2 Å². The van der Waals surface area contributed by atoms with Crippen molar-refractivity contribution in [1.82, 2.24) is 0 Å². The minimum absolute atomic E-state index is 0.0343. The average Bonchev–Trinajstić information content (AvgIpc) is 3.03. The maximum Gasteiger partial charge on any atom is 0.416 e. The Morgan fingerprint density at radius 1 is 0.935 bits per heavy atom. The van der Waals surface area contributed by atoms with E-state index < -0.39 is 47.9 Å². The van der Waals surface area contributed by atoms with Crippen molar-refractivity contribution >= 4 is 29.2 Å². The molecule has 0 radical (unpaired) electrons. The monoisotopic (exact) mass is 486 g/mol. The van der Waals surface area contributed by atoms with Gasteiger partial charge in [-0.25, -0.2) is 0 Å². The van der Waals surface area contributed by atoms with E-state index in [1.807, 2.05) is 0 Å². The van der Waals surface area contributed by atoms with Gasteiger partial charge in [-0.05, 0) is 41.5 Å². The first-order valence-corrected chi connectivity index (χ1v) is 9.59. The molecule has 3 nitrogen and oxygen atoms in total. The van der Waals surface area contributed by atoms with Crippen LogP contribution in [0.1, 0.15) is 28.2 Å². The summed E-state index contributed by atoms with van der Waals surface area (Å²) in [5.41, 5.74) is -2.54. The summed E-state index contributed by atoms with van der Waals surface area (Å²) in [6, 6.07) is 5.96. The third-order valence-corrected chi connectivity index (χ3v) is 5.52. The molecule has 1 aliphatic rings. The lowest BCUT2D eigenvalue weighted by Crippen LogP contribution is -2.21. The summed E-state index contributed by atoms with van der Waals surface area (Å²) in [5.74, 6) is -1.84. The number of hydrogen-bond donors (Lipinski definition) is 0. The molecular weight excluding hydrogens is 473 g/mol. The van der Waals surface area contributed by atoms with Crippen LogP contribution in [0.15, 0.2) is 36.4 Å². The van der Waals surface area contributed by atoms with Crippen molar-refractivity contribution in [2.45, 2.75) is 24.9 Å². The zero-order valence-electron chi connectivity index (χ0n) is 15.5. The second-order valence-corrected chi connectivity index (χ2v) is 7.76. The van der Waals surface area contributed by atoms with Gasteiger partial charge in [-0.1, -0.05) is 29.3 Å². The first kappa shape index (κ1) is 23.7. The van der Waals surface area contributed by atoms with Crippen LogP contribution in [0.5, 0.6) is 0 Å². The molecule has 31 heavy (non-hydrogen) atoms. The lowest BCUT2D eigenvalue weighted by Gasteiger charge is -2.17. The molecule has 0 spiro atoms. The zero-order chi connectivity index (χ0) is 23.0. The first-order valence-electron chi connectivity index (χ1n) is 8.84. The molecule has 0 N–H and O–H groups in total. The van der Waals surface area contributed by atoms with Gasteiger partial charge in [-0.2, -0.15) is 26.3 Å². The lowest BCUT2D eigenvalue weighted by molar-refractivity contribution is -0.143. The van der Waals surface area contributed by atoms with Gasteiger partial charge in [0.05, 0.1) is 46.9 Å². The highest BCUT2D eigenvalue weighted by atomic mass is 35.5. The van der Waals surface area contributed by atoms with Crippen molar-refractivity contribution in [3.63, 3.8) is 0 Å². The summed E-state index contributed by atoms with van der Waals surface area (Å²) >= 11 is 11.9. The van der Waals surface area contributed by atoms with Crippen molar-refractivity contribution in [3.05, 3.63) is 68.7 Å². The van der Waals surface area contributed by atoms with Crippen molar-refractivity contribution in [3.8, 4) is 0 Å². The molecule has 1 aliphatic heterocycles. The lowest BCUT2D eigenvalue weighted by atomic mass is 9.89. The van der Waals surface area contributed by atoms with E-state index in [2.05, 4.69) is 0 Å². The zero-order valence-corrected chi connectivity index (χ0v) is 17.0. The smallest absolute Gasteiger partial charge is 0.416 e. The molecule has 0 bridgehead atoms. The number of esters is 1. The largest absolute Gasteiger partial charge is 0.465 e. The fourth-order valence-electron chi connectivity index (χ4n) is 3.22. The van der Waals surface area contributed by atoms with Crippen LogP contribution in [-0.2, 0) is 33.2 Å². The highest BCUT2D eigenvalue weighted by Crippen LogP contribution is 2.37. The van der Waals surface area contributed by atoms with Crippen LogP contribution in [0.25, 0.3) is 0 Å². The number of ether oxygens (including phenoxy) is 2. The van der Waals surface area contributed by atoms with Crippen LogP contribution in [-0.4, -0.2) is 19.2 Å². The van der Waals surface area contributed by atoms with E-state index in [1.165, 1.54) is 0 Å². The third-order valence-electron chi connectivity index (χ3n) is 4.78. The molecule has 0 saturated carbocycles. The van der Waals surface area contributed by atoms with Gasteiger partial charge in [-0.3, -0.25) is 4.79 Å². The van der Waals surface area contributed by atoms with Crippen molar-refractivity contribution < 1.29 is 40.6 Å². The van der Waals surface area contributed by atoms with Crippen LogP contribution in [0.2, 0.25) is 10.0 Å². The summed E-state index contributed by atoms with van der Waals surface area (Å²) in [4.78, 5) is 12.1. The van der Waals surface area contributed by atoms with E-state index >= 15 is 0 Å². The summed E-state index contributed by atoms with van der Waals surface area (Å²) in [6.45, 7) is -0.779. The van der Waals surface area contributed by atoms with Gasteiger partial charge in [0.15, 0.2) is 0 Å². The van der Waals surface area contributed by atoms with Crippen LogP contribution in [0.4, 0.5) is 26.3 Å². The van der Waals surface area contributed by atoms with Gasteiger partial charge in [0.25, 0.3) is 0 Å². The minimum atomic E-state index is -4.95. The quantitative estimate of drug-likeness (QED) is 0.357. The molecular formula is C20H14Cl2F6O3. The summed E-state index contributed by atoms with van der Waals surface area (Å²) in [7, 11) is 0. The number of carbonyl (C=O) groups is 1. The fraction of sp³-hybridized carbons (Fsp3) is 0.350. The average molecular weight is 487 g/mol. The summed E-state index contributed by atoms with van der Waals surface area (Å²) in [6.07, 6.45) is -9.91. The second-order valence-electron chi connectivity index (χ2n) is 6.95. The van der Waals surface area contributed by atoms with Gasteiger partial charge in [0, 0.05) is 5.92 Å². The number of rotatable bonds is 5. The number of alkyl halides is 6. The molecule has 0 aromatic heterocycles. The molecule has 0 aliphatic carbocycles. The summed E-state index contributed by atoms with van der Waals surface area (Å²) < 4.78 is 88.2. The number of halogens is 8. The van der Waals surface area contributed by atoms with Gasteiger partial charge >= 0.3 is 18.3 Å². The molecule has 2 atom stereocenters. The molecule has 1 saturated heterocycles. The highest BCUT2D eigenvalue weighted by molar-refractivity contribution is 6.42. The molecule has 11 heteroatoms. The Morgan fingerprint density at radius 3 is 2.10 bits per heavy atom. The van der Waals surface area contributed by atoms with Crippen LogP contribution >= 0.6 is 23.2 Å². The molecule has 2 aromatic carbocycles. The number of carbonyl (C=O) groups excluding carboxylic acids is 1. The van der Waals surface area contributed by atoms with Crippen molar-refractivity contribution in [2.75, 3.05) is 13.2 Å². The predicted octanol–water partition coefficient (Wildman–Crippen LogP) is 6.50. The molecule has 168 valence electrons. The number of benzene rings is 2. The van der Waals surface area contributed by atoms with E-state index in [-0.39, 0.29) is 29.9 Å². The Morgan fingerprint density at radius 2 is 1.55 bits per heavy atom. The van der Waals surface area contributed by atoms with Crippen LogP contribution in [0, 0.1) is 5.92 Å². The van der Waals surface area contributed by atoms with Gasteiger partial charge in [0.1, 0.15) is 0 Å². The normalized spacial score (nSPS) is 19.5. The molecule has 3 rings (SSSR count). The van der Waals surface area contributed by atoms with Gasteiger partial charge in [-0.15, -0.1) is 0 Å². The Balaban J connectivity index is 1.75. The topological polar surface area (TPSA) is 35.5 Å². The van der Waals surface area contributed by atoms with Crippen LogP contribution in [0.3, 0.4) is 0 Å². The van der Waals surface area contributed by atoms with Gasteiger partial charge < -0.3 is 9.47 Å². The second kappa shape index (κ2) is 8.88. The molecule has 0 amide bonds. The van der Waals surface area contributed by atoms with Gasteiger partial charge in [0.2, 0.25) is 0 Å². The summed E-state index contributed by atoms with van der Waals surface area (Å²) in [5, 5.41) is 0.579. The minimum Gasteiger partial charge on any atom is -0.465 e. The van der Waals surface area contributed by atoms with E-state index in [0.717, 1.165) is 0 Å². The molecule has 1 heterocycles. The maximum absolute atomic E-state index is 13.0. The number of hydrogen-bond acceptors (Lipinski definition) is 3. The van der Waals surface area contributed by atoms with Crippen molar-refractivity contribution in [2.24, 2.45) is 5.92 Å². The Bertz CT molecular complexity index is 942. The van der Waals surface area contributed by atoms with Crippen LogP contribution < -0.4 is 0 Å². The highest BCUT2D eigenvalue weighted by Gasteiger charge is 2.39. The molecule has 2 aromatic rings. The first-order chi connectivity index (χ1) is 14.4. The maximum atomic E-state index is 13.0. The Labute approximate surface area is 182 Å². The number of cyclic esters (lactones) is 1. The Kier molecular flexibility index (Phi) is 6.78.